The van der Waals surface area contributed by atoms with Gasteiger partial charge in [0.15, 0.2) is 6.10 Å². The van der Waals surface area contributed by atoms with Gasteiger partial charge in [0.2, 0.25) is 0 Å². The van der Waals surface area contributed by atoms with E-state index in [9.17, 15) is 19.5 Å². The normalized spacial score (nSPS) is 11.6. The largest absolute Gasteiger partial charge is 0.478 e. The predicted molar refractivity (Wildman–Crippen MR) is 82.4 cm³/mol. The summed E-state index contributed by atoms with van der Waals surface area (Å²) < 4.78 is 4.89. The van der Waals surface area contributed by atoms with Crippen LogP contribution in [0.25, 0.3) is 0 Å². The van der Waals surface area contributed by atoms with Gasteiger partial charge in [0.05, 0.1) is 11.1 Å². The smallest absolute Gasteiger partial charge is 0.345 e. The lowest BCUT2D eigenvalue weighted by molar-refractivity contribution is -0.144. The third kappa shape index (κ3) is 4.09. The molecule has 0 aliphatic carbocycles. The first kappa shape index (κ1) is 17.5. The van der Waals surface area contributed by atoms with Gasteiger partial charge in [0.25, 0.3) is 0 Å². The maximum absolute atomic E-state index is 12.0. The molecule has 1 atom stereocenters. The zero-order chi connectivity index (χ0) is 17.9. The van der Waals surface area contributed by atoms with Crippen LogP contribution in [0.15, 0.2) is 42.5 Å². The molecule has 0 aliphatic heterocycles. The predicted octanol–water partition coefficient (Wildman–Crippen LogP) is 2.38. The number of aliphatic hydroxyl groups excluding tert-OH is 1. The average molecular weight is 351 g/mol. The number of carbonyl (C=O) groups is 3. The fourth-order valence-electron chi connectivity index (χ4n) is 1.86. The summed E-state index contributed by atoms with van der Waals surface area (Å²) in [7, 11) is 0. The van der Waals surface area contributed by atoms with Crippen molar-refractivity contribution in [1.29, 1.82) is 0 Å². The molecule has 2 aromatic rings. The van der Waals surface area contributed by atoms with Crippen molar-refractivity contribution in [2.75, 3.05) is 0 Å². The highest BCUT2D eigenvalue weighted by atomic mass is 35.5. The molecule has 24 heavy (non-hydrogen) atoms. The fourth-order valence-corrected chi connectivity index (χ4v) is 1.98. The topological polar surface area (TPSA) is 121 Å². The lowest BCUT2D eigenvalue weighted by atomic mass is 10.1. The first-order chi connectivity index (χ1) is 11.3. The summed E-state index contributed by atoms with van der Waals surface area (Å²) in [6.07, 6.45) is -1.64. The van der Waals surface area contributed by atoms with Crippen molar-refractivity contribution in [2.45, 2.75) is 6.10 Å². The molecule has 0 aliphatic rings. The summed E-state index contributed by atoms with van der Waals surface area (Å²) in [5.74, 6) is -4.15. The third-order valence-electron chi connectivity index (χ3n) is 3.03. The second kappa shape index (κ2) is 7.12. The van der Waals surface area contributed by atoms with Crippen LogP contribution in [-0.2, 0) is 4.79 Å². The number of ether oxygens (including phenoxy) is 1. The number of carboxylic acids is 2. The van der Waals surface area contributed by atoms with Gasteiger partial charge in [-0.3, -0.25) is 0 Å². The van der Waals surface area contributed by atoms with Crippen LogP contribution in [0.3, 0.4) is 0 Å². The van der Waals surface area contributed by atoms with Gasteiger partial charge < -0.3 is 20.1 Å². The van der Waals surface area contributed by atoms with E-state index in [4.69, 9.17) is 26.6 Å². The van der Waals surface area contributed by atoms with Crippen molar-refractivity contribution < 1.29 is 34.4 Å². The van der Waals surface area contributed by atoms with Crippen molar-refractivity contribution in [2.24, 2.45) is 0 Å². The molecule has 2 aromatic carbocycles. The molecule has 2 rings (SSSR count). The van der Waals surface area contributed by atoms with Crippen LogP contribution in [0.5, 0.6) is 5.75 Å². The molecule has 0 saturated carbocycles. The molecule has 0 amide bonds. The van der Waals surface area contributed by atoms with Crippen molar-refractivity contribution in [3.63, 3.8) is 0 Å². The monoisotopic (exact) mass is 350 g/mol. The Morgan fingerprint density at radius 3 is 1.88 bits per heavy atom. The van der Waals surface area contributed by atoms with E-state index in [0.717, 1.165) is 18.2 Å². The summed E-state index contributed by atoms with van der Waals surface area (Å²) in [4.78, 5) is 34.0. The molecule has 0 heterocycles. The summed E-state index contributed by atoms with van der Waals surface area (Å²) in [6, 6.07) is 8.69. The van der Waals surface area contributed by atoms with Gasteiger partial charge in [0.1, 0.15) is 5.75 Å². The van der Waals surface area contributed by atoms with Crippen molar-refractivity contribution in [3.05, 3.63) is 64.2 Å². The molecule has 124 valence electrons. The van der Waals surface area contributed by atoms with E-state index >= 15 is 0 Å². The molecule has 0 radical (unpaired) electrons. The number of esters is 1. The number of rotatable bonds is 5. The lowest BCUT2D eigenvalue weighted by Gasteiger charge is -2.12. The number of hydrogen-bond donors (Lipinski definition) is 3. The van der Waals surface area contributed by atoms with Gasteiger partial charge >= 0.3 is 17.9 Å². The van der Waals surface area contributed by atoms with Crippen LogP contribution in [0, 0.1) is 0 Å². The van der Waals surface area contributed by atoms with Gasteiger partial charge in [-0.15, -0.1) is 0 Å². The third-order valence-corrected chi connectivity index (χ3v) is 3.28. The number of aliphatic hydroxyl groups is 1. The van der Waals surface area contributed by atoms with Crippen LogP contribution in [-0.4, -0.2) is 33.2 Å². The maximum Gasteiger partial charge on any atom is 0.345 e. The lowest BCUT2D eigenvalue weighted by Crippen LogP contribution is -2.19. The second-order valence-electron chi connectivity index (χ2n) is 4.73. The van der Waals surface area contributed by atoms with E-state index in [1.807, 2.05) is 0 Å². The standard InChI is InChI=1S/C16H11ClO7/c17-11-3-1-8(2-4-11)13(18)16(23)24-12-6-9(14(19)20)5-10(7-12)15(21)22/h1-7,13,18H,(H,19,20)(H,21,22)/t13-/m0/s1. The molecule has 0 aromatic heterocycles. The quantitative estimate of drug-likeness (QED) is 0.559. The van der Waals surface area contributed by atoms with Crippen LogP contribution in [0.2, 0.25) is 5.02 Å². The van der Waals surface area contributed by atoms with Gasteiger partial charge in [-0.1, -0.05) is 23.7 Å². The highest BCUT2D eigenvalue weighted by molar-refractivity contribution is 6.30. The van der Waals surface area contributed by atoms with Gasteiger partial charge in [-0.25, -0.2) is 14.4 Å². The summed E-state index contributed by atoms with van der Waals surface area (Å²) in [5, 5.41) is 28.3. The Kier molecular flexibility index (Phi) is 5.18. The summed E-state index contributed by atoms with van der Waals surface area (Å²) in [5.41, 5.74) is -0.505. The van der Waals surface area contributed by atoms with Crippen molar-refractivity contribution >= 4 is 29.5 Å². The van der Waals surface area contributed by atoms with Crippen LogP contribution in [0.1, 0.15) is 32.4 Å². The number of benzene rings is 2. The number of aromatic carboxylic acids is 2. The Balaban J connectivity index is 2.26. The molecule has 8 heteroatoms. The summed E-state index contributed by atoms with van der Waals surface area (Å²) >= 11 is 5.71. The minimum atomic E-state index is -1.64. The van der Waals surface area contributed by atoms with E-state index in [0.29, 0.717) is 5.02 Å². The highest BCUT2D eigenvalue weighted by Crippen LogP contribution is 2.22. The second-order valence-corrected chi connectivity index (χ2v) is 5.17. The number of carboxylic acid groups (broad SMARTS) is 2. The Labute approximate surface area is 140 Å². The van der Waals surface area contributed by atoms with Crippen LogP contribution >= 0.6 is 11.6 Å². The van der Waals surface area contributed by atoms with E-state index in [1.54, 1.807) is 0 Å². The summed E-state index contributed by atoms with van der Waals surface area (Å²) in [6.45, 7) is 0. The van der Waals surface area contributed by atoms with Crippen LogP contribution < -0.4 is 4.74 Å². The Morgan fingerprint density at radius 1 is 0.917 bits per heavy atom. The molecule has 0 unspecified atom stereocenters. The minimum absolute atomic E-state index is 0.220. The Hall–Kier alpha value is -2.90. The van der Waals surface area contributed by atoms with Crippen molar-refractivity contribution in [3.8, 4) is 5.75 Å². The van der Waals surface area contributed by atoms with Gasteiger partial charge in [-0.05, 0) is 35.9 Å². The molecular formula is C16H11ClO7. The first-order valence-corrected chi connectivity index (χ1v) is 6.92. The van der Waals surface area contributed by atoms with Gasteiger partial charge in [0, 0.05) is 5.02 Å². The van der Waals surface area contributed by atoms with Gasteiger partial charge in [-0.2, -0.15) is 0 Å². The minimum Gasteiger partial charge on any atom is -0.478 e. The zero-order valence-electron chi connectivity index (χ0n) is 12.0. The highest BCUT2D eigenvalue weighted by Gasteiger charge is 2.21. The molecule has 0 spiro atoms. The zero-order valence-corrected chi connectivity index (χ0v) is 12.7. The number of carbonyl (C=O) groups excluding carboxylic acids is 1. The SMILES string of the molecule is O=C(O)c1cc(OC(=O)[C@@H](O)c2ccc(Cl)cc2)cc(C(=O)O)c1. The molecule has 0 saturated heterocycles. The molecular weight excluding hydrogens is 340 g/mol. The van der Waals surface area contributed by atoms with E-state index < -0.39 is 24.0 Å². The van der Waals surface area contributed by atoms with Crippen LogP contribution in [0.4, 0.5) is 0 Å². The molecule has 0 bridgehead atoms. The number of hydrogen-bond acceptors (Lipinski definition) is 5. The maximum atomic E-state index is 12.0. The molecule has 7 nitrogen and oxygen atoms in total. The van der Waals surface area contributed by atoms with Crippen molar-refractivity contribution in [1.82, 2.24) is 0 Å². The first-order valence-electron chi connectivity index (χ1n) is 6.55. The average Bonchev–Trinajstić information content (AvgIpc) is 2.54. The Bertz CT molecular complexity index is 766. The van der Waals surface area contributed by atoms with E-state index in [2.05, 4.69) is 0 Å². The number of halogens is 1. The Morgan fingerprint density at radius 2 is 1.42 bits per heavy atom. The molecule has 3 N–H and O–H groups in total. The fraction of sp³-hybridized carbons (Fsp3) is 0.0625. The van der Waals surface area contributed by atoms with E-state index in [1.165, 1.54) is 24.3 Å². The molecule has 0 fully saturated rings. The van der Waals surface area contributed by atoms with E-state index in [-0.39, 0.29) is 22.4 Å².